The Morgan fingerprint density at radius 2 is 1.62 bits per heavy atom. The molecule has 0 atom stereocenters. The van der Waals surface area contributed by atoms with Crippen molar-refractivity contribution in [2.24, 2.45) is 0 Å². The lowest BCUT2D eigenvalue weighted by Gasteiger charge is -2.45. The van der Waals surface area contributed by atoms with E-state index in [1.807, 2.05) is 13.0 Å². The number of nitrogens with zero attached hydrogens (tertiary/aromatic N) is 4. The number of furan rings is 1. The Labute approximate surface area is 188 Å². The molecule has 0 saturated heterocycles. The lowest BCUT2D eigenvalue weighted by atomic mass is 9.68. The van der Waals surface area contributed by atoms with Gasteiger partial charge >= 0.3 is 6.98 Å². The van der Waals surface area contributed by atoms with Gasteiger partial charge in [0.25, 0.3) is 0 Å². The predicted octanol–water partition coefficient (Wildman–Crippen LogP) is 4.02. The molecule has 32 heavy (non-hydrogen) atoms. The van der Waals surface area contributed by atoms with Crippen molar-refractivity contribution in [1.29, 1.82) is 0 Å². The smallest absolute Gasteiger partial charge is 0.408 e. The summed E-state index contributed by atoms with van der Waals surface area (Å²) >= 11 is 0. The monoisotopic (exact) mass is 420 g/mol. The number of rotatable bonds is 2. The van der Waals surface area contributed by atoms with E-state index in [0.29, 0.717) is 5.71 Å². The van der Waals surface area contributed by atoms with Crippen molar-refractivity contribution in [1.82, 2.24) is 9.79 Å². The maximum absolute atomic E-state index is 6.21. The highest BCUT2D eigenvalue weighted by molar-refractivity contribution is 6.75. The number of fused-ring (bicyclic) bond motifs is 4. The molecule has 2 aromatic carbocycles. The quantitative estimate of drug-likeness (QED) is 0.458. The summed E-state index contributed by atoms with van der Waals surface area (Å²) in [6.07, 6.45) is 2.19. The standard InChI is InChI=1S/C26H25BN4O/c1-18-14-15-20-21-17-29(4)27(16-24(21)32-25(20)28-18)31-23-13-9-8-12-22(23)30(26(31,2)3)19-10-6-5-7-11-19/h5-17H,1-4H3. The summed E-state index contributed by atoms with van der Waals surface area (Å²) in [6, 6.07) is 23.4. The summed E-state index contributed by atoms with van der Waals surface area (Å²) in [6.45, 7) is 6.54. The normalized spacial score (nSPS) is 16.6. The van der Waals surface area contributed by atoms with E-state index >= 15 is 0 Å². The number of aromatic nitrogens is 1. The van der Waals surface area contributed by atoms with Crippen LogP contribution in [0.1, 0.15) is 19.5 Å². The summed E-state index contributed by atoms with van der Waals surface area (Å²) < 4.78 is 6.21. The maximum Gasteiger partial charge on any atom is 0.408 e. The van der Waals surface area contributed by atoms with Crippen molar-refractivity contribution in [2.45, 2.75) is 26.4 Å². The van der Waals surface area contributed by atoms with Gasteiger partial charge in [0.2, 0.25) is 5.71 Å². The minimum Gasteiger partial charge on any atom is -0.439 e. The van der Waals surface area contributed by atoms with Crippen LogP contribution in [-0.4, -0.2) is 29.5 Å². The van der Waals surface area contributed by atoms with Crippen molar-refractivity contribution in [2.75, 3.05) is 16.8 Å². The van der Waals surface area contributed by atoms with E-state index in [9.17, 15) is 0 Å². The molecule has 0 saturated carbocycles. The SMILES string of the molecule is Cc1ccc2c3c(oc2n1)=CB(N1c2ccccc2N(c2ccccc2)C1(C)C)N(C)C=3. The largest absolute Gasteiger partial charge is 0.439 e. The lowest BCUT2D eigenvalue weighted by Crippen LogP contribution is -2.62. The number of hydrogen-bond acceptors (Lipinski definition) is 5. The highest BCUT2D eigenvalue weighted by atomic mass is 16.3. The minimum absolute atomic E-state index is 0.00554. The van der Waals surface area contributed by atoms with Gasteiger partial charge in [-0.2, -0.15) is 0 Å². The summed E-state index contributed by atoms with van der Waals surface area (Å²) in [5.74, 6) is 2.22. The Kier molecular flexibility index (Phi) is 3.97. The van der Waals surface area contributed by atoms with Crippen LogP contribution in [0.5, 0.6) is 0 Å². The van der Waals surface area contributed by atoms with Gasteiger partial charge < -0.3 is 18.9 Å². The number of benzene rings is 2. The second kappa shape index (κ2) is 6.66. The third-order valence-electron chi connectivity index (χ3n) is 6.61. The topological polar surface area (TPSA) is 35.8 Å². The zero-order valence-corrected chi connectivity index (χ0v) is 18.8. The minimum atomic E-state index is -0.299. The van der Waals surface area contributed by atoms with Crippen LogP contribution < -0.4 is 20.3 Å². The van der Waals surface area contributed by atoms with Crippen molar-refractivity contribution in [3.63, 3.8) is 0 Å². The third kappa shape index (κ3) is 2.62. The molecule has 0 fully saturated rings. The molecular formula is C26H25BN4O. The van der Waals surface area contributed by atoms with Gasteiger partial charge in [-0.3, -0.25) is 0 Å². The molecule has 0 unspecified atom stereocenters. The predicted molar refractivity (Wildman–Crippen MR) is 132 cm³/mol. The van der Waals surface area contributed by atoms with E-state index in [4.69, 9.17) is 4.42 Å². The molecule has 2 aliphatic heterocycles. The third-order valence-corrected chi connectivity index (χ3v) is 6.61. The number of pyridine rings is 1. The molecule has 0 radical (unpaired) electrons. The van der Waals surface area contributed by atoms with E-state index in [-0.39, 0.29) is 12.6 Å². The molecule has 2 aromatic heterocycles. The summed E-state index contributed by atoms with van der Waals surface area (Å²) in [7, 11) is 2.13. The average molecular weight is 420 g/mol. The maximum atomic E-state index is 6.21. The first-order valence-electron chi connectivity index (χ1n) is 11.0. The first-order chi connectivity index (χ1) is 15.4. The van der Waals surface area contributed by atoms with E-state index in [2.05, 4.69) is 113 Å². The van der Waals surface area contributed by atoms with Gasteiger partial charge in [0, 0.05) is 28.2 Å². The Bertz CT molecular complexity index is 1460. The molecule has 0 spiro atoms. The van der Waals surface area contributed by atoms with Gasteiger partial charge in [0.1, 0.15) is 11.1 Å². The molecule has 0 bridgehead atoms. The first-order valence-corrected chi connectivity index (χ1v) is 11.0. The molecule has 158 valence electrons. The second-order valence-corrected chi connectivity index (χ2v) is 9.08. The fourth-order valence-electron chi connectivity index (χ4n) is 5.21. The van der Waals surface area contributed by atoms with Gasteiger partial charge in [0.05, 0.1) is 11.4 Å². The molecule has 6 rings (SSSR count). The van der Waals surface area contributed by atoms with Gasteiger partial charge in [-0.15, -0.1) is 0 Å². The van der Waals surface area contributed by atoms with Gasteiger partial charge in [-0.25, -0.2) is 4.98 Å². The van der Waals surface area contributed by atoms with E-state index in [1.54, 1.807) is 0 Å². The van der Waals surface area contributed by atoms with E-state index < -0.39 is 0 Å². The first kappa shape index (κ1) is 19.1. The molecule has 5 nitrogen and oxygen atoms in total. The van der Waals surface area contributed by atoms with Crippen LogP contribution in [0.3, 0.4) is 0 Å². The van der Waals surface area contributed by atoms with Crippen molar-refractivity contribution >= 4 is 47.3 Å². The zero-order chi connectivity index (χ0) is 22.0. The summed E-state index contributed by atoms with van der Waals surface area (Å²) in [4.78, 5) is 11.8. The van der Waals surface area contributed by atoms with Crippen LogP contribution in [0.4, 0.5) is 17.1 Å². The number of aryl methyl sites for hydroxylation is 1. The van der Waals surface area contributed by atoms with Crippen molar-refractivity contribution in [3.8, 4) is 0 Å². The molecule has 0 N–H and O–H groups in total. The van der Waals surface area contributed by atoms with Crippen LogP contribution >= 0.6 is 0 Å². The molecule has 4 heterocycles. The Morgan fingerprint density at radius 1 is 0.906 bits per heavy atom. The number of para-hydroxylation sites is 3. The van der Waals surface area contributed by atoms with E-state index in [0.717, 1.165) is 21.7 Å². The molecular weight excluding hydrogens is 395 g/mol. The zero-order valence-electron chi connectivity index (χ0n) is 18.8. The van der Waals surface area contributed by atoms with Crippen LogP contribution in [0, 0.1) is 6.92 Å². The second-order valence-electron chi connectivity index (χ2n) is 9.08. The Hall–Kier alpha value is -3.67. The van der Waals surface area contributed by atoms with E-state index in [1.165, 1.54) is 17.1 Å². The number of hydrogen-bond donors (Lipinski definition) is 0. The highest BCUT2D eigenvalue weighted by Crippen LogP contribution is 2.49. The van der Waals surface area contributed by atoms with Crippen LogP contribution in [0.15, 0.2) is 71.1 Å². The number of anilines is 3. The van der Waals surface area contributed by atoms with Crippen LogP contribution in [0.2, 0.25) is 0 Å². The van der Waals surface area contributed by atoms with Crippen LogP contribution in [0.25, 0.3) is 23.3 Å². The summed E-state index contributed by atoms with van der Waals surface area (Å²) in [5.41, 5.74) is 5.83. The van der Waals surface area contributed by atoms with Crippen molar-refractivity contribution < 1.29 is 4.42 Å². The van der Waals surface area contributed by atoms with Gasteiger partial charge in [-0.1, -0.05) is 30.3 Å². The lowest BCUT2D eigenvalue weighted by molar-refractivity contribution is 0.537. The summed E-state index contributed by atoms with van der Waals surface area (Å²) in [5, 5.41) is 2.15. The fraction of sp³-hybridized carbons (Fsp3) is 0.192. The Balaban J connectivity index is 1.54. The highest BCUT2D eigenvalue weighted by Gasteiger charge is 2.48. The molecule has 0 amide bonds. The molecule has 0 aliphatic carbocycles. The molecule has 2 aliphatic rings. The van der Waals surface area contributed by atoms with Gasteiger partial charge in [-0.05, 0) is 70.2 Å². The van der Waals surface area contributed by atoms with Crippen LogP contribution in [-0.2, 0) is 0 Å². The van der Waals surface area contributed by atoms with Crippen molar-refractivity contribution in [3.05, 3.63) is 83.1 Å². The fourth-order valence-corrected chi connectivity index (χ4v) is 5.21. The average Bonchev–Trinajstić information content (AvgIpc) is 3.23. The molecule has 4 aromatic rings. The molecule has 6 heteroatoms. The Morgan fingerprint density at radius 3 is 2.41 bits per heavy atom. The van der Waals surface area contributed by atoms with Gasteiger partial charge in [0.15, 0.2) is 0 Å².